The van der Waals surface area contributed by atoms with Gasteiger partial charge in [0.05, 0.1) is 34.0 Å². The monoisotopic (exact) mass is 533 g/mol. The zero-order valence-corrected chi connectivity index (χ0v) is 22.3. The van der Waals surface area contributed by atoms with Crippen LogP contribution >= 0.6 is 23.1 Å². The van der Waals surface area contributed by atoms with E-state index in [1.54, 1.807) is 30.5 Å². The highest BCUT2D eigenvalue weighted by Gasteiger charge is 2.29. The van der Waals surface area contributed by atoms with Crippen molar-refractivity contribution < 1.29 is 14.3 Å². The van der Waals surface area contributed by atoms with Gasteiger partial charge in [0.1, 0.15) is 5.00 Å². The van der Waals surface area contributed by atoms with Crippen molar-refractivity contribution >= 4 is 50.9 Å². The molecule has 9 heteroatoms. The molecule has 4 aromatic rings. The number of fused-ring (bicyclic) bond motifs is 2. The summed E-state index contributed by atoms with van der Waals surface area (Å²) >= 11 is 2.67. The lowest BCUT2D eigenvalue weighted by Crippen LogP contribution is -2.26. The summed E-state index contributed by atoms with van der Waals surface area (Å²) in [6, 6.07) is 16.5. The van der Waals surface area contributed by atoms with E-state index in [9.17, 15) is 14.4 Å². The Kier molecular flexibility index (Phi) is 7.43. The quantitative estimate of drug-likeness (QED) is 0.188. The average molecular weight is 534 g/mol. The molecule has 7 nitrogen and oxygen atoms in total. The Bertz CT molecular complexity index is 1530. The van der Waals surface area contributed by atoms with E-state index in [-0.39, 0.29) is 18.1 Å². The van der Waals surface area contributed by atoms with Gasteiger partial charge >= 0.3 is 5.97 Å². The summed E-state index contributed by atoms with van der Waals surface area (Å²) in [7, 11) is 0. The van der Waals surface area contributed by atoms with E-state index in [0.717, 1.165) is 36.1 Å². The predicted octanol–water partition coefficient (Wildman–Crippen LogP) is 5.62. The minimum Gasteiger partial charge on any atom is -0.462 e. The second-order valence-electron chi connectivity index (χ2n) is 8.77. The lowest BCUT2D eigenvalue weighted by atomic mass is 9.95. The van der Waals surface area contributed by atoms with Gasteiger partial charge in [-0.2, -0.15) is 0 Å². The molecule has 0 radical (unpaired) electrons. The molecule has 190 valence electrons. The molecule has 0 fully saturated rings. The average Bonchev–Trinajstić information content (AvgIpc) is 3.27. The third-order valence-corrected chi connectivity index (χ3v) is 8.56. The van der Waals surface area contributed by atoms with Crippen molar-refractivity contribution in [1.82, 2.24) is 9.55 Å². The first-order chi connectivity index (χ1) is 18.0. The molecule has 0 bridgehead atoms. The number of rotatable bonds is 7. The highest BCUT2D eigenvalue weighted by Crippen LogP contribution is 2.39. The number of nitrogens with one attached hydrogen (secondary N) is 1. The Balaban J connectivity index is 1.47. The number of thioether (sulfide) groups is 1. The van der Waals surface area contributed by atoms with Gasteiger partial charge in [-0.15, -0.1) is 11.3 Å². The van der Waals surface area contributed by atoms with Crippen molar-refractivity contribution in [2.45, 2.75) is 49.9 Å². The molecule has 1 unspecified atom stereocenters. The number of anilines is 1. The molecule has 1 aliphatic rings. The largest absolute Gasteiger partial charge is 0.462 e. The second-order valence-corrected chi connectivity index (χ2v) is 11.2. The SMILES string of the molecule is CCOC(=O)c1c(NC(=O)C(C)Sc2nc3ccccc3c(=O)n2-c2ccccc2)sc2c1CCCC2. The molecule has 2 aromatic heterocycles. The Labute approximate surface area is 222 Å². The molecule has 0 aliphatic heterocycles. The third-order valence-electron chi connectivity index (χ3n) is 6.30. The molecule has 1 N–H and O–H groups in total. The lowest BCUT2D eigenvalue weighted by molar-refractivity contribution is -0.115. The topological polar surface area (TPSA) is 90.3 Å². The van der Waals surface area contributed by atoms with E-state index in [2.05, 4.69) is 5.32 Å². The van der Waals surface area contributed by atoms with Gasteiger partial charge in [-0.25, -0.2) is 9.78 Å². The Morgan fingerprint density at radius 2 is 1.84 bits per heavy atom. The lowest BCUT2D eigenvalue weighted by Gasteiger charge is -2.16. The van der Waals surface area contributed by atoms with E-state index in [1.807, 2.05) is 42.5 Å². The minimum absolute atomic E-state index is 0.192. The summed E-state index contributed by atoms with van der Waals surface area (Å²) < 4.78 is 6.86. The smallest absolute Gasteiger partial charge is 0.341 e. The van der Waals surface area contributed by atoms with Crippen LogP contribution < -0.4 is 10.9 Å². The number of ether oxygens (including phenoxy) is 1. The maximum atomic E-state index is 13.4. The van der Waals surface area contributed by atoms with Gasteiger partial charge in [-0.05, 0) is 69.4 Å². The first-order valence-corrected chi connectivity index (χ1v) is 14.0. The van der Waals surface area contributed by atoms with Crippen LogP contribution in [0.15, 0.2) is 64.5 Å². The van der Waals surface area contributed by atoms with Crippen molar-refractivity contribution in [1.29, 1.82) is 0 Å². The molecule has 1 aliphatic carbocycles. The number of thiophene rings is 1. The molecule has 2 heterocycles. The van der Waals surface area contributed by atoms with Crippen LogP contribution in [0.25, 0.3) is 16.6 Å². The fourth-order valence-corrected chi connectivity index (χ4v) is 6.70. The van der Waals surface area contributed by atoms with Gasteiger partial charge in [-0.3, -0.25) is 14.2 Å². The van der Waals surface area contributed by atoms with Crippen LogP contribution in [0, 0.1) is 0 Å². The summed E-state index contributed by atoms with van der Waals surface area (Å²) in [4.78, 5) is 45.5. The normalized spacial score (nSPS) is 13.7. The van der Waals surface area contributed by atoms with E-state index >= 15 is 0 Å². The number of hydrogen-bond acceptors (Lipinski definition) is 7. The summed E-state index contributed by atoms with van der Waals surface area (Å²) in [6.45, 7) is 3.82. The summed E-state index contributed by atoms with van der Waals surface area (Å²) in [6.07, 6.45) is 3.79. The molecule has 0 spiro atoms. The molecule has 37 heavy (non-hydrogen) atoms. The van der Waals surface area contributed by atoms with Crippen molar-refractivity contribution in [3.05, 3.63) is 81.0 Å². The molecular formula is C28H27N3O4S2. The summed E-state index contributed by atoms with van der Waals surface area (Å²) in [5.74, 6) is -0.664. The third kappa shape index (κ3) is 5.06. The predicted molar refractivity (Wildman–Crippen MR) is 148 cm³/mol. The van der Waals surface area contributed by atoms with Gasteiger partial charge in [0.15, 0.2) is 5.16 Å². The zero-order chi connectivity index (χ0) is 25.9. The Morgan fingerprint density at radius 1 is 1.11 bits per heavy atom. The molecule has 5 rings (SSSR count). The molecule has 0 saturated carbocycles. The van der Waals surface area contributed by atoms with Gasteiger partial charge in [-0.1, -0.05) is 42.1 Å². The summed E-state index contributed by atoms with van der Waals surface area (Å²) in [5, 5.41) is 3.87. The van der Waals surface area contributed by atoms with Crippen molar-refractivity contribution in [2.24, 2.45) is 0 Å². The standard InChI is InChI=1S/C28H27N3O4S2/c1-3-35-27(34)23-20-14-8-10-16-22(20)37-25(23)30-24(32)17(2)36-28-29-21-15-9-7-13-19(21)26(33)31(28)18-11-5-4-6-12-18/h4-7,9,11-13,15,17H,3,8,10,14,16H2,1-2H3,(H,30,32). The molecule has 1 atom stereocenters. The minimum atomic E-state index is -0.586. The van der Waals surface area contributed by atoms with Crippen molar-refractivity contribution in [3.63, 3.8) is 0 Å². The van der Waals surface area contributed by atoms with E-state index in [4.69, 9.17) is 9.72 Å². The number of benzene rings is 2. The van der Waals surface area contributed by atoms with Crippen molar-refractivity contribution in [3.8, 4) is 5.69 Å². The van der Waals surface area contributed by atoms with Crippen LogP contribution in [0.3, 0.4) is 0 Å². The second kappa shape index (κ2) is 10.9. The molecule has 2 aromatic carbocycles. The van der Waals surface area contributed by atoms with Crippen LogP contribution in [-0.4, -0.2) is 33.3 Å². The van der Waals surface area contributed by atoms with Crippen LogP contribution in [-0.2, 0) is 22.4 Å². The highest BCUT2D eigenvalue weighted by atomic mass is 32.2. The fourth-order valence-electron chi connectivity index (χ4n) is 4.49. The number of nitrogens with zero attached hydrogens (tertiary/aromatic N) is 2. The molecule has 0 saturated heterocycles. The highest BCUT2D eigenvalue weighted by molar-refractivity contribution is 8.00. The Hall–Kier alpha value is -3.43. The number of aromatic nitrogens is 2. The van der Waals surface area contributed by atoms with Gasteiger partial charge in [0.2, 0.25) is 5.91 Å². The van der Waals surface area contributed by atoms with Crippen LogP contribution in [0.5, 0.6) is 0 Å². The zero-order valence-electron chi connectivity index (χ0n) is 20.7. The Morgan fingerprint density at radius 3 is 2.62 bits per heavy atom. The first kappa shape index (κ1) is 25.2. The van der Waals surface area contributed by atoms with Crippen LogP contribution in [0.4, 0.5) is 5.00 Å². The first-order valence-electron chi connectivity index (χ1n) is 12.3. The number of hydrogen-bond donors (Lipinski definition) is 1. The number of para-hydroxylation sites is 2. The fraction of sp³-hybridized carbons (Fsp3) is 0.286. The maximum Gasteiger partial charge on any atom is 0.341 e. The molecule has 1 amide bonds. The molecular weight excluding hydrogens is 506 g/mol. The number of esters is 1. The van der Waals surface area contributed by atoms with Gasteiger partial charge < -0.3 is 10.1 Å². The maximum absolute atomic E-state index is 13.4. The van der Waals surface area contributed by atoms with Gasteiger partial charge in [0.25, 0.3) is 5.56 Å². The van der Waals surface area contributed by atoms with Crippen molar-refractivity contribution in [2.75, 3.05) is 11.9 Å². The number of aryl methyl sites for hydroxylation is 1. The number of carbonyl (C=O) groups is 2. The van der Waals surface area contributed by atoms with Gasteiger partial charge in [0, 0.05) is 4.88 Å². The van der Waals surface area contributed by atoms with Crippen LogP contribution in [0.2, 0.25) is 0 Å². The van der Waals surface area contributed by atoms with Crippen LogP contribution in [0.1, 0.15) is 47.5 Å². The number of carbonyl (C=O) groups excluding carboxylic acids is 2. The summed E-state index contributed by atoms with van der Waals surface area (Å²) in [5.41, 5.74) is 2.54. The van der Waals surface area contributed by atoms with E-state index in [1.165, 1.54) is 23.1 Å². The van der Waals surface area contributed by atoms with E-state index < -0.39 is 11.2 Å². The number of amides is 1. The van der Waals surface area contributed by atoms with E-state index in [0.29, 0.717) is 32.3 Å².